The van der Waals surface area contributed by atoms with Crippen LogP contribution >= 0.6 is 7.60 Å². The summed E-state index contributed by atoms with van der Waals surface area (Å²) >= 11 is 0. The van der Waals surface area contributed by atoms with Crippen molar-refractivity contribution in [3.63, 3.8) is 0 Å². The lowest BCUT2D eigenvalue weighted by Crippen LogP contribution is -2.38. The van der Waals surface area contributed by atoms with E-state index in [1.165, 1.54) is 0 Å². The predicted molar refractivity (Wildman–Crippen MR) is 150 cm³/mol. The summed E-state index contributed by atoms with van der Waals surface area (Å²) in [6.07, 6.45) is 3.43. The zero-order valence-electron chi connectivity index (χ0n) is 22.1. The van der Waals surface area contributed by atoms with Crippen molar-refractivity contribution >= 4 is 13.7 Å². The van der Waals surface area contributed by atoms with Crippen molar-refractivity contribution in [3.8, 4) is 0 Å². The molecule has 38 heavy (non-hydrogen) atoms. The van der Waals surface area contributed by atoms with Crippen molar-refractivity contribution in [2.75, 3.05) is 26.0 Å². The lowest BCUT2D eigenvalue weighted by molar-refractivity contribution is 0.203. The molecule has 8 heteroatoms. The predicted octanol–water partition coefficient (Wildman–Crippen LogP) is 6.76. The van der Waals surface area contributed by atoms with Crippen molar-refractivity contribution in [2.45, 2.75) is 26.3 Å². The molecule has 0 fully saturated rings. The van der Waals surface area contributed by atoms with Gasteiger partial charge in [0.15, 0.2) is 5.82 Å². The van der Waals surface area contributed by atoms with Crippen LogP contribution in [0.3, 0.4) is 0 Å². The Bertz CT molecular complexity index is 1250. The smallest absolute Gasteiger partial charge is 0.338 e. The lowest BCUT2D eigenvalue weighted by atomic mass is 9.77. The number of benzene rings is 3. The average molecular weight is 532 g/mol. The quantitative estimate of drug-likeness (QED) is 0.108. The van der Waals surface area contributed by atoms with Gasteiger partial charge in [-0.25, -0.2) is 9.67 Å². The van der Waals surface area contributed by atoms with Crippen LogP contribution in [-0.4, -0.2) is 40.7 Å². The summed E-state index contributed by atoms with van der Waals surface area (Å²) < 4.78 is 31.9. The van der Waals surface area contributed by atoms with Crippen LogP contribution < -0.4 is 0 Å². The summed E-state index contributed by atoms with van der Waals surface area (Å²) in [7, 11) is -3.37. The molecule has 0 N–H and O–H groups in total. The van der Waals surface area contributed by atoms with Gasteiger partial charge in [0.2, 0.25) is 0 Å². The minimum Gasteiger partial charge on any atom is -0.497 e. The Morgan fingerprint density at radius 2 is 1.26 bits per heavy atom. The van der Waals surface area contributed by atoms with Crippen LogP contribution in [0.2, 0.25) is 0 Å². The Morgan fingerprint density at radius 1 is 0.789 bits per heavy atom. The third kappa shape index (κ3) is 5.97. The van der Waals surface area contributed by atoms with Crippen LogP contribution in [0.25, 0.3) is 6.08 Å². The molecule has 0 amide bonds. The van der Waals surface area contributed by atoms with Crippen molar-refractivity contribution < 1.29 is 18.3 Å². The number of aromatic nitrogens is 3. The Balaban J connectivity index is 1.86. The second-order valence-corrected chi connectivity index (χ2v) is 10.6. The van der Waals surface area contributed by atoms with Crippen molar-refractivity contribution in [1.29, 1.82) is 0 Å². The molecular weight excluding hydrogens is 497 g/mol. The first kappa shape index (κ1) is 27.5. The second kappa shape index (κ2) is 12.8. The van der Waals surface area contributed by atoms with Gasteiger partial charge in [0.05, 0.1) is 19.8 Å². The summed E-state index contributed by atoms with van der Waals surface area (Å²) in [5.74, 6) is 0.875. The zero-order chi connectivity index (χ0) is 26.8. The molecular formula is C30H34N3O4P. The van der Waals surface area contributed by atoms with Gasteiger partial charge in [-0.15, -0.1) is 5.10 Å². The van der Waals surface area contributed by atoms with Crippen LogP contribution in [0, 0.1) is 0 Å². The maximum absolute atomic E-state index is 13.2. The molecule has 3 aromatic carbocycles. The maximum Gasteiger partial charge on any atom is 0.338 e. The number of hydrogen-bond acceptors (Lipinski definition) is 6. The van der Waals surface area contributed by atoms with E-state index in [1.807, 2.05) is 66.2 Å². The summed E-state index contributed by atoms with van der Waals surface area (Å²) in [6, 6.07) is 30.8. The molecule has 198 valence electrons. The van der Waals surface area contributed by atoms with Gasteiger partial charge in [-0.1, -0.05) is 91.0 Å². The molecule has 1 heterocycles. The average Bonchev–Trinajstić information content (AvgIpc) is 3.40. The number of hydrogen-bond donors (Lipinski definition) is 0. The minimum absolute atomic E-state index is 0.00173. The molecule has 4 aromatic rings. The molecule has 0 saturated carbocycles. The summed E-state index contributed by atoms with van der Waals surface area (Å²) in [4.78, 5) is 4.63. The molecule has 0 unspecified atom stereocenters. The number of ether oxygens (including phenoxy) is 1. The standard InChI is InChI=1S/C30H34N3O4P/c1-4-35-28(23-38(34,36-5-2)37-6-3)22-29-31-24-33(32-29)30(25-16-10-7-11-17-25,26-18-12-8-13-19-26)27-20-14-9-15-21-27/h7-22,24H,4-6,23H2,1-3H3/b28-22-. The molecule has 0 radical (unpaired) electrons. The number of allylic oxidation sites excluding steroid dienone is 1. The van der Waals surface area contributed by atoms with E-state index in [9.17, 15) is 4.57 Å². The Morgan fingerprint density at radius 3 is 1.68 bits per heavy atom. The van der Waals surface area contributed by atoms with Crippen LogP contribution in [0.15, 0.2) is 103 Å². The van der Waals surface area contributed by atoms with E-state index in [4.69, 9.17) is 18.9 Å². The summed E-state index contributed by atoms with van der Waals surface area (Å²) in [5.41, 5.74) is 2.35. The van der Waals surface area contributed by atoms with E-state index in [2.05, 4.69) is 41.4 Å². The van der Waals surface area contributed by atoms with Crippen LogP contribution in [0.5, 0.6) is 0 Å². The van der Waals surface area contributed by atoms with Crippen molar-refractivity contribution in [2.24, 2.45) is 0 Å². The monoisotopic (exact) mass is 531 g/mol. The number of rotatable bonds is 13. The van der Waals surface area contributed by atoms with Crippen LogP contribution in [0.4, 0.5) is 0 Å². The molecule has 0 aliphatic rings. The van der Waals surface area contributed by atoms with Crippen molar-refractivity contribution in [1.82, 2.24) is 14.8 Å². The lowest BCUT2D eigenvalue weighted by Gasteiger charge is -2.35. The van der Waals surface area contributed by atoms with Gasteiger partial charge in [-0.05, 0) is 37.5 Å². The first-order valence-electron chi connectivity index (χ1n) is 12.9. The van der Waals surface area contributed by atoms with E-state index >= 15 is 0 Å². The van der Waals surface area contributed by atoms with Gasteiger partial charge >= 0.3 is 7.60 Å². The van der Waals surface area contributed by atoms with Gasteiger partial charge < -0.3 is 13.8 Å². The molecule has 0 atom stereocenters. The van der Waals surface area contributed by atoms with Crippen LogP contribution in [-0.2, 0) is 23.9 Å². The van der Waals surface area contributed by atoms with Crippen LogP contribution in [0.1, 0.15) is 43.3 Å². The zero-order valence-corrected chi connectivity index (χ0v) is 23.0. The normalized spacial score (nSPS) is 12.4. The Hall–Kier alpha value is -3.51. The third-order valence-electron chi connectivity index (χ3n) is 6.05. The highest BCUT2D eigenvalue weighted by Crippen LogP contribution is 2.49. The highest BCUT2D eigenvalue weighted by atomic mass is 31.2. The fourth-order valence-corrected chi connectivity index (χ4v) is 6.22. The van der Waals surface area contributed by atoms with E-state index in [0.717, 1.165) is 16.7 Å². The van der Waals surface area contributed by atoms with Crippen molar-refractivity contribution in [3.05, 3.63) is 126 Å². The summed E-state index contributed by atoms with van der Waals surface area (Å²) in [6.45, 7) is 6.39. The molecule has 0 saturated heterocycles. The van der Waals surface area contributed by atoms with Gasteiger partial charge in [-0.2, -0.15) is 0 Å². The second-order valence-electron chi connectivity index (χ2n) is 8.50. The first-order valence-corrected chi connectivity index (χ1v) is 14.6. The molecule has 0 bridgehead atoms. The van der Waals surface area contributed by atoms with E-state index in [1.54, 1.807) is 26.3 Å². The highest BCUT2D eigenvalue weighted by Gasteiger charge is 2.39. The van der Waals surface area contributed by atoms with Gasteiger partial charge in [0.25, 0.3) is 0 Å². The Kier molecular flexibility index (Phi) is 9.29. The maximum atomic E-state index is 13.2. The van der Waals surface area contributed by atoms with Gasteiger partial charge in [0.1, 0.15) is 23.8 Å². The van der Waals surface area contributed by atoms with E-state index < -0.39 is 13.1 Å². The largest absolute Gasteiger partial charge is 0.497 e. The molecule has 1 aromatic heterocycles. The van der Waals surface area contributed by atoms with Gasteiger partial charge in [0, 0.05) is 6.08 Å². The molecule has 7 nitrogen and oxygen atoms in total. The SMILES string of the molecule is CCO/C(=C\c1ncn(C(c2ccccc2)(c2ccccc2)c2ccccc2)n1)CP(=O)(OCC)OCC. The fraction of sp³-hybridized carbons (Fsp3) is 0.267. The summed E-state index contributed by atoms with van der Waals surface area (Å²) in [5, 5.41) is 4.93. The highest BCUT2D eigenvalue weighted by molar-refractivity contribution is 7.54. The fourth-order valence-electron chi connectivity index (χ4n) is 4.61. The molecule has 0 aliphatic carbocycles. The van der Waals surface area contributed by atoms with Gasteiger partial charge in [-0.3, -0.25) is 4.57 Å². The first-order chi connectivity index (χ1) is 18.6. The van der Waals surface area contributed by atoms with E-state index in [-0.39, 0.29) is 19.4 Å². The Labute approximate surface area is 224 Å². The molecule has 4 rings (SSSR count). The molecule has 0 aliphatic heterocycles. The number of nitrogens with zero attached hydrogens (tertiary/aromatic N) is 3. The van der Waals surface area contributed by atoms with E-state index in [0.29, 0.717) is 18.2 Å². The minimum atomic E-state index is -3.37. The third-order valence-corrected chi connectivity index (χ3v) is 8.05. The topological polar surface area (TPSA) is 75.5 Å². The molecule has 0 spiro atoms.